The van der Waals surface area contributed by atoms with Crippen LogP contribution in [-0.4, -0.2) is 48.3 Å². The van der Waals surface area contributed by atoms with Crippen molar-refractivity contribution in [1.82, 2.24) is 10.3 Å². The van der Waals surface area contributed by atoms with E-state index in [-0.39, 0.29) is 27.4 Å². The second kappa shape index (κ2) is 10.5. The number of para-hydroxylation sites is 1. The van der Waals surface area contributed by atoms with E-state index in [1.165, 1.54) is 30.3 Å². The lowest BCUT2D eigenvalue weighted by molar-refractivity contribution is -0.200. The van der Waals surface area contributed by atoms with E-state index in [1.807, 2.05) is 0 Å². The number of rotatable bonds is 4. The summed E-state index contributed by atoms with van der Waals surface area (Å²) in [5.41, 5.74) is -0.338. The van der Waals surface area contributed by atoms with Crippen LogP contribution >= 0.6 is 11.6 Å². The number of halogens is 4. The number of carbonyl (C=O) groups is 3. The van der Waals surface area contributed by atoms with Gasteiger partial charge in [0.2, 0.25) is 0 Å². The lowest BCUT2D eigenvalue weighted by Gasteiger charge is -2.24. The number of carbonyl (C=O) groups excluding carboxylic acids is 3. The zero-order valence-electron chi connectivity index (χ0n) is 16.9. The fourth-order valence-corrected chi connectivity index (χ4v) is 3.02. The minimum Gasteiger partial charge on any atom is -0.446 e. The standard InChI is InChI=1S/C20H18ClF3N4O5/c21-12-5-6-16(26-11-12)28(33-18(30)20(22,23)24)17(29)14-3-1-2-4-15(14)27-19(31)32-13-7-9-25-10-8-13/h1-6,11,13,25H,7-10H2,(H,27,31). The molecule has 0 atom stereocenters. The van der Waals surface area contributed by atoms with Gasteiger partial charge in [-0.2, -0.15) is 13.2 Å². The van der Waals surface area contributed by atoms with E-state index in [0.29, 0.717) is 25.9 Å². The van der Waals surface area contributed by atoms with Crippen molar-refractivity contribution < 1.29 is 37.1 Å². The van der Waals surface area contributed by atoms with Crippen molar-refractivity contribution in [2.24, 2.45) is 0 Å². The van der Waals surface area contributed by atoms with Crippen LogP contribution in [0.3, 0.4) is 0 Å². The topological polar surface area (TPSA) is 110 Å². The molecule has 2 aromatic rings. The largest absolute Gasteiger partial charge is 0.493 e. The zero-order chi connectivity index (χ0) is 24.0. The number of hydrogen-bond donors (Lipinski definition) is 2. The molecule has 0 aliphatic carbocycles. The molecular weight excluding hydrogens is 469 g/mol. The summed E-state index contributed by atoms with van der Waals surface area (Å²) < 4.78 is 43.7. The number of hydroxylamine groups is 1. The van der Waals surface area contributed by atoms with E-state index in [9.17, 15) is 27.6 Å². The molecule has 1 aromatic carbocycles. The number of benzene rings is 1. The maximum atomic E-state index is 13.1. The van der Waals surface area contributed by atoms with Gasteiger partial charge in [0.1, 0.15) is 6.10 Å². The van der Waals surface area contributed by atoms with Crippen molar-refractivity contribution in [2.45, 2.75) is 25.1 Å². The van der Waals surface area contributed by atoms with Crippen LogP contribution in [0.5, 0.6) is 0 Å². The van der Waals surface area contributed by atoms with Crippen LogP contribution in [0.15, 0.2) is 42.6 Å². The van der Waals surface area contributed by atoms with Crippen LogP contribution in [0, 0.1) is 0 Å². The third-order valence-electron chi connectivity index (χ3n) is 4.46. The Bertz CT molecular complexity index is 1010. The second-order valence-corrected chi connectivity index (χ2v) is 7.27. The molecule has 2 amide bonds. The second-order valence-electron chi connectivity index (χ2n) is 6.84. The third-order valence-corrected chi connectivity index (χ3v) is 4.69. The molecule has 1 aliphatic heterocycles. The Labute approximate surface area is 190 Å². The first-order valence-corrected chi connectivity index (χ1v) is 10.1. The van der Waals surface area contributed by atoms with Gasteiger partial charge in [0, 0.05) is 6.20 Å². The monoisotopic (exact) mass is 486 g/mol. The van der Waals surface area contributed by atoms with E-state index in [4.69, 9.17) is 16.3 Å². The Hall–Kier alpha value is -3.38. The third kappa shape index (κ3) is 6.56. The van der Waals surface area contributed by atoms with Gasteiger partial charge in [-0.1, -0.05) is 23.7 Å². The van der Waals surface area contributed by atoms with Crippen molar-refractivity contribution >= 4 is 41.1 Å². The molecule has 0 bridgehead atoms. The summed E-state index contributed by atoms with van der Waals surface area (Å²) in [5, 5.41) is 5.74. The molecule has 1 saturated heterocycles. The highest BCUT2D eigenvalue weighted by Crippen LogP contribution is 2.25. The van der Waals surface area contributed by atoms with Gasteiger partial charge < -0.3 is 14.9 Å². The maximum absolute atomic E-state index is 13.1. The minimum atomic E-state index is -5.37. The summed E-state index contributed by atoms with van der Waals surface area (Å²) in [4.78, 5) is 44.9. The summed E-state index contributed by atoms with van der Waals surface area (Å²) in [6.07, 6.45) is -4.27. The van der Waals surface area contributed by atoms with Crippen molar-refractivity contribution in [3.05, 3.63) is 53.2 Å². The van der Waals surface area contributed by atoms with E-state index < -0.39 is 30.0 Å². The Morgan fingerprint density at radius 3 is 2.45 bits per heavy atom. The average molecular weight is 487 g/mol. The fraction of sp³-hybridized carbons (Fsp3) is 0.300. The number of anilines is 2. The molecule has 2 N–H and O–H groups in total. The van der Waals surface area contributed by atoms with Gasteiger partial charge in [0.05, 0.1) is 16.3 Å². The predicted octanol–water partition coefficient (Wildman–Crippen LogP) is 3.70. The SMILES string of the molecule is O=C(Nc1ccccc1C(=O)N(OC(=O)C(F)(F)F)c1ccc(Cl)cn1)OC1CCNCC1. The van der Waals surface area contributed by atoms with Gasteiger partial charge in [-0.3, -0.25) is 10.1 Å². The molecule has 9 nitrogen and oxygen atoms in total. The summed E-state index contributed by atoms with van der Waals surface area (Å²) in [7, 11) is 0. The molecule has 2 heterocycles. The number of alkyl halides is 3. The van der Waals surface area contributed by atoms with E-state index in [2.05, 4.69) is 20.5 Å². The van der Waals surface area contributed by atoms with Gasteiger partial charge in [-0.15, -0.1) is 5.06 Å². The van der Waals surface area contributed by atoms with Gasteiger partial charge in [-0.25, -0.2) is 14.6 Å². The van der Waals surface area contributed by atoms with Gasteiger partial charge in [0.15, 0.2) is 5.82 Å². The number of nitrogens with one attached hydrogen (secondary N) is 2. The molecule has 0 radical (unpaired) electrons. The van der Waals surface area contributed by atoms with E-state index in [1.54, 1.807) is 0 Å². The Morgan fingerprint density at radius 2 is 1.82 bits per heavy atom. The van der Waals surface area contributed by atoms with Crippen LogP contribution in [0.2, 0.25) is 5.02 Å². The summed E-state index contributed by atoms with van der Waals surface area (Å²) >= 11 is 5.73. The number of amides is 2. The first-order valence-electron chi connectivity index (χ1n) is 9.67. The molecule has 1 aliphatic rings. The lowest BCUT2D eigenvalue weighted by atomic mass is 10.1. The number of pyridine rings is 1. The highest BCUT2D eigenvalue weighted by molar-refractivity contribution is 6.30. The average Bonchev–Trinajstić information content (AvgIpc) is 2.78. The van der Waals surface area contributed by atoms with E-state index >= 15 is 0 Å². The van der Waals surface area contributed by atoms with Crippen LogP contribution in [0.25, 0.3) is 0 Å². The molecule has 1 fully saturated rings. The Balaban J connectivity index is 1.85. The van der Waals surface area contributed by atoms with Gasteiger partial charge in [0.25, 0.3) is 5.91 Å². The molecule has 1 aromatic heterocycles. The molecule has 0 saturated carbocycles. The van der Waals surface area contributed by atoms with Crippen molar-refractivity contribution in [3.63, 3.8) is 0 Å². The Morgan fingerprint density at radius 1 is 1.12 bits per heavy atom. The number of ether oxygens (including phenoxy) is 1. The first-order chi connectivity index (χ1) is 15.6. The lowest BCUT2D eigenvalue weighted by Crippen LogP contribution is -2.39. The van der Waals surface area contributed by atoms with Crippen LogP contribution in [-0.2, 0) is 14.4 Å². The summed E-state index contributed by atoms with van der Waals surface area (Å²) in [6, 6.07) is 7.80. The molecular formula is C20H18ClF3N4O5. The van der Waals surface area contributed by atoms with Crippen molar-refractivity contribution in [2.75, 3.05) is 23.5 Å². The first kappa shape index (κ1) is 24.3. The number of hydrogen-bond acceptors (Lipinski definition) is 7. The highest BCUT2D eigenvalue weighted by atomic mass is 35.5. The Kier molecular flexibility index (Phi) is 7.71. The molecule has 176 valence electrons. The van der Waals surface area contributed by atoms with Crippen LogP contribution in [0.1, 0.15) is 23.2 Å². The van der Waals surface area contributed by atoms with Gasteiger partial charge >= 0.3 is 18.2 Å². The smallest absolute Gasteiger partial charge is 0.446 e. The van der Waals surface area contributed by atoms with E-state index in [0.717, 1.165) is 12.3 Å². The fourth-order valence-electron chi connectivity index (χ4n) is 2.91. The quantitative estimate of drug-likeness (QED) is 0.634. The van der Waals surface area contributed by atoms with Gasteiger partial charge in [-0.05, 0) is 50.2 Å². The molecule has 33 heavy (non-hydrogen) atoms. The normalized spacial score (nSPS) is 14.3. The predicted molar refractivity (Wildman–Crippen MR) is 111 cm³/mol. The molecule has 0 spiro atoms. The maximum Gasteiger partial charge on any atom is 0.493 e. The molecule has 13 heteroatoms. The zero-order valence-corrected chi connectivity index (χ0v) is 17.7. The summed E-state index contributed by atoms with van der Waals surface area (Å²) in [6.45, 7) is 1.36. The number of piperidine rings is 1. The van der Waals surface area contributed by atoms with Crippen LogP contribution in [0.4, 0.5) is 29.5 Å². The molecule has 0 unspecified atom stereocenters. The summed E-state index contributed by atoms with van der Waals surface area (Å²) in [5.74, 6) is -4.27. The number of aromatic nitrogens is 1. The van der Waals surface area contributed by atoms with Crippen LogP contribution < -0.4 is 15.7 Å². The molecule has 3 rings (SSSR count). The minimum absolute atomic E-state index is 0.0662. The van der Waals surface area contributed by atoms with Crippen molar-refractivity contribution in [1.29, 1.82) is 0 Å². The number of nitrogens with zero attached hydrogens (tertiary/aromatic N) is 2. The highest BCUT2D eigenvalue weighted by Gasteiger charge is 2.44. The van der Waals surface area contributed by atoms with Crippen molar-refractivity contribution in [3.8, 4) is 0 Å².